The van der Waals surface area contributed by atoms with Crippen molar-refractivity contribution in [2.75, 3.05) is 31.6 Å². The van der Waals surface area contributed by atoms with Gasteiger partial charge in [0, 0.05) is 37.2 Å². The number of anilines is 1. The molecule has 0 radical (unpaired) electrons. The van der Waals surface area contributed by atoms with Gasteiger partial charge in [-0.25, -0.2) is 0 Å². The van der Waals surface area contributed by atoms with Crippen molar-refractivity contribution in [1.29, 1.82) is 0 Å². The van der Waals surface area contributed by atoms with Crippen LogP contribution in [0.15, 0.2) is 22.7 Å². The van der Waals surface area contributed by atoms with E-state index in [1.54, 1.807) is 0 Å². The SMILES string of the molecule is CN1CCCN(c2ccc(CNC3CC3)cc2Br)CC1=O. The summed E-state index contributed by atoms with van der Waals surface area (Å²) in [5.74, 6) is 0.193. The van der Waals surface area contributed by atoms with Crippen LogP contribution in [-0.2, 0) is 11.3 Å². The third kappa shape index (κ3) is 3.77. The Morgan fingerprint density at radius 2 is 2.14 bits per heavy atom. The molecule has 1 amide bonds. The fraction of sp³-hybridized carbons (Fsp3) is 0.562. The fourth-order valence-electron chi connectivity index (χ4n) is 2.66. The van der Waals surface area contributed by atoms with Gasteiger partial charge in [-0.2, -0.15) is 0 Å². The van der Waals surface area contributed by atoms with Crippen LogP contribution in [0.2, 0.25) is 0 Å². The number of amides is 1. The first-order valence-corrected chi connectivity index (χ1v) is 8.43. The van der Waals surface area contributed by atoms with Gasteiger partial charge in [0.15, 0.2) is 0 Å². The minimum atomic E-state index is 0.193. The molecule has 4 nitrogen and oxygen atoms in total. The predicted molar refractivity (Wildman–Crippen MR) is 88.5 cm³/mol. The molecule has 1 saturated heterocycles. The minimum Gasteiger partial charge on any atom is -0.361 e. The lowest BCUT2D eigenvalue weighted by Crippen LogP contribution is -2.34. The van der Waals surface area contributed by atoms with Crippen LogP contribution in [0, 0.1) is 0 Å². The molecule has 0 aromatic heterocycles. The van der Waals surface area contributed by atoms with Crippen LogP contribution in [0.25, 0.3) is 0 Å². The number of halogens is 1. The van der Waals surface area contributed by atoms with E-state index in [0.717, 1.165) is 42.3 Å². The van der Waals surface area contributed by atoms with Gasteiger partial charge in [-0.15, -0.1) is 0 Å². The lowest BCUT2D eigenvalue weighted by atomic mass is 10.2. The summed E-state index contributed by atoms with van der Waals surface area (Å²) in [7, 11) is 1.88. The quantitative estimate of drug-likeness (QED) is 0.904. The second-order valence-corrected chi connectivity index (χ2v) is 6.89. The molecule has 5 heteroatoms. The molecule has 2 fully saturated rings. The van der Waals surface area contributed by atoms with Gasteiger partial charge in [-0.05, 0) is 52.9 Å². The first kappa shape index (κ1) is 14.9. The highest BCUT2D eigenvalue weighted by atomic mass is 79.9. The number of carbonyl (C=O) groups is 1. The molecule has 0 spiro atoms. The van der Waals surface area contributed by atoms with Gasteiger partial charge in [-0.3, -0.25) is 4.79 Å². The molecule has 1 aromatic rings. The second-order valence-electron chi connectivity index (χ2n) is 6.03. The lowest BCUT2D eigenvalue weighted by molar-refractivity contribution is -0.127. The van der Waals surface area contributed by atoms with E-state index in [2.05, 4.69) is 44.3 Å². The lowest BCUT2D eigenvalue weighted by Gasteiger charge is -2.23. The average Bonchev–Trinajstić information content (AvgIpc) is 3.28. The van der Waals surface area contributed by atoms with Gasteiger partial charge < -0.3 is 15.1 Å². The Bertz CT molecular complexity index is 530. The standard InChI is InChI=1S/C16H22BrN3O/c1-19-7-2-8-20(11-16(19)21)15-6-3-12(9-14(15)17)10-18-13-4-5-13/h3,6,9,13,18H,2,4-5,7-8,10-11H2,1H3. The van der Waals surface area contributed by atoms with Crippen LogP contribution in [0.4, 0.5) is 5.69 Å². The van der Waals surface area contributed by atoms with Crippen molar-refractivity contribution in [2.24, 2.45) is 0 Å². The van der Waals surface area contributed by atoms with Crippen molar-refractivity contribution in [3.05, 3.63) is 28.2 Å². The first-order chi connectivity index (χ1) is 10.1. The number of likely N-dealkylation sites (N-methyl/N-ethyl adjacent to an activating group) is 1. The van der Waals surface area contributed by atoms with E-state index < -0.39 is 0 Å². The summed E-state index contributed by atoms with van der Waals surface area (Å²) in [6.45, 7) is 3.16. The summed E-state index contributed by atoms with van der Waals surface area (Å²) in [5, 5.41) is 3.53. The van der Waals surface area contributed by atoms with E-state index in [1.807, 2.05) is 11.9 Å². The first-order valence-electron chi connectivity index (χ1n) is 7.64. The minimum absolute atomic E-state index is 0.193. The van der Waals surface area contributed by atoms with E-state index in [9.17, 15) is 4.79 Å². The third-order valence-corrected chi connectivity index (χ3v) is 4.83. The number of nitrogens with zero attached hydrogens (tertiary/aromatic N) is 2. The van der Waals surface area contributed by atoms with Crippen LogP contribution in [0.5, 0.6) is 0 Å². The second kappa shape index (κ2) is 6.36. The Hall–Kier alpha value is -1.07. The Morgan fingerprint density at radius 1 is 1.33 bits per heavy atom. The van der Waals surface area contributed by atoms with E-state index in [-0.39, 0.29) is 5.91 Å². The number of benzene rings is 1. The topological polar surface area (TPSA) is 35.6 Å². The van der Waals surface area contributed by atoms with Gasteiger partial charge in [-0.1, -0.05) is 6.07 Å². The Morgan fingerprint density at radius 3 is 2.86 bits per heavy atom. The summed E-state index contributed by atoms with van der Waals surface area (Å²) in [5.41, 5.74) is 2.41. The molecule has 21 heavy (non-hydrogen) atoms. The molecule has 0 bridgehead atoms. The molecule has 114 valence electrons. The highest BCUT2D eigenvalue weighted by Crippen LogP contribution is 2.29. The molecule has 1 aliphatic heterocycles. The van der Waals surface area contributed by atoms with E-state index >= 15 is 0 Å². The van der Waals surface area contributed by atoms with Crippen molar-refractivity contribution in [1.82, 2.24) is 10.2 Å². The molecule has 1 N–H and O–H groups in total. The smallest absolute Gasteiger partial charge is 0.241 e. The van der Waals surface area contributed by atoms with Crippen LogP contribution < -0.4 is 10.2 Å². The Labute approximate surface area is 134 Å². The molecular formula is C16H22BrN3O. The summed E-state index contributed by atoms with van der Waals surface area (Å²) >= 11 is 3.67. The largest absolute Gasteiger partial charge is 0.361 e. The normalized spacial score (nSPS) is 19.8. The van der Waals surface area contributed by atoms with Crippen molar-refractivity contribution in [3.63, 3.8) is 0 Å². The molecule has 2 aliphatic rings. The van der Waals surface area contributed by atoms with Crippen LogP contribution in [-0.4, -0.2) is 43.5 Å². The van der Waals surface area contributed by atoms with Gasteiger partial charge in [0.1, 0.15) is 0 Å². The number of hydrogen-bond donors (Lipinski definition) is 1. The summed E-state index contributed by atoms with van der Waals surface area (Å²) in [6.07, 6.45) is 3.63. The van der Waals surface area contributed by atoms with E-state index in [1.165, 1.54) is 18.4 Å². The number of nitrogens with one attached hydrogen (secondary N) is 1. The Balaban J connectivity index is 1.70. The van der Waals surface area contributed by atoms with Crippen LogP contribution in [0.3, 0.4) is 0 Å². The Kier molecular flexibility index (Phi) is 4.50. The molecular weight excluding hydrogens is 330 g/mol. The van der Waals surface area contributed by atoms with Gasteiger partial charge in [0.25, 0.3) is 0 Å². The van der Waals surface area contributed by atoms with Crippen molar-refractivity contribution in [2.45, 2.75) is 31.8 Å². The molecule has 1 aromatic carbocycles. The summed E-state index contributed by atoms with van der Waals surface area (Å²) in [4.78, 5) is 16.0. The maximum atomic E-state index is 12.0. The monoisotopic (exact) mass is 351 g/mol. The van der Waals surface area contributed by atoms with E-state index in [0.29, 0.717) is 6.54 Å². The third-order valence-electron chi connectivity index (χ3n) is 4.20. The van der Waals surface area contributed by atoms with Crippen LogP contribution >= 0.6 is 15.9 Å². The molecule has 1 saturated carbocycles. The number of rotatable bonds is 4. The highest BCUT2D eigenvalue weighted by Gasteiger charge is 2.22. The molecule has 0 atom stereocenters. The molecule has 3 rings (SSSR count). The van der Waals surface area contributed by atoms with Crippen LogP contribution in [0.1, 0.15) is 24.8 Å². The molecule has 1 aliphatic carbocycles. The summed E-state index contributed by atoms with van der Waals surface area (Å²) < 4.78 is 1.08. The number of hydrogen-bond acceptors (Lipinski definition) is 3. The summed E-state index contributed by atoms with van der Waals surface area (Å²) in [6, 6.07) is 7.19. The fourth-order valence-corrected chi connectivity index (χ4v) is 3.34. The van der Waals surface area contributed by atoms with Crippen molar-refractivity contribution >= 4 is 27.5 Å². The number of carbonyl (C=O) groups excluding carboxylic acids is 1. The maximum Gasteiger partial charge on any atom is 0.241 e. The zero-order valence-corrected chi connectivity index (χ0v) is 14.0. The zero-order chi connectivity index (χ0) is 14.8. The van der Waals surface area contributed by atoms with Crippen molar-refractivity contribution < 1.29 is 4.79 Å². The zero-order valence-electron chi connectivity index (χ0n) is 12.4. The highest BCUT2D eigenvalue weighted by molar-refractivity contribution is 9.10. The predicted octanol–water partition coefficient (Wildman–Crippen LogP) is 2.37. The average molecular weight is 352 g/mol. The van der Waals surface area contributed by atoms with Gasteiger partial charge in [0.05, 0.1) is 12.2 Å². The van der Waals surface area contributed by atoms with Crippen molar-refractivity contribution in [3.8, 4) is 0 Å². The van der Waals surface area contributed by atoms with Gasteiger partial charge >= 0.3 is 0 Å². The maximum absolute atomic E-state index is 12.0. The van der Waals surface area contributed by atoms with E-state index in [4.69, 9.17) is 0 Å². The molecule has 0 unspecified atom stereocenters. The van der Waals surface area contributed by atoms with Gasteiger partial charge in [0.2, 0.25) is 5.91 Å². The molecule has 1 heterocycles.